The lowest BCUT2D eigenvalue weighted by molar-refractivity contribution is -0.0631. The molecule has 3 aliphatic rings. The van der Waals surface area contributed by atoms with Crippen molar-refractivity contribution in [2.75, 3.05) is 5.33 Å². The Bertz CT molecular complexity index is 76.2. The smallest absolute Gasteiger partial charge is 0.00649 e. The summed E-state index contributed by atoms with van der Waals surface area (Å²) in [6.45, 7) is 0. The van der Waals surface area contributed by atoms with Crippen molar-refractivity contribution in [1.82, 2.24) is 0 Å². The maximum atomic E-state index is 3.50. The number of halogens is 1. The molecule has 0 aromatic heterocycles. The van der Waals surface area contributed by atoms with Crippen LogP contribution in [0.3, 0.4) is 0 Å². The van der Waals surface area contributed by atoms with E-state index in [1.165, 1.54) is 5.33 Å². The molecule has 0 unspecified atom stereocenters. The van der Waals surface area contributed by atoms with Crippen molar-refractivity contribution in [3.05, 3.63) is 0 Å². The summed E-state index contributed by atoms with van der Waals surface area (Å²) in [4.78, 5) is 0. The fourth-order valence-corrected chi connectivity index (χ4v) is 2.71. The van der Waals surface area contributed by atoms with Gasteiger partial charge in [-0.3, -0.25) is 0 Å². The third-order valence-corrected chi connectivity index (χ3v) is 3.35. The first-order chi connectivity index (χ1) is 3.42. The second-order valence-electron chi connectivity index (χ2n) is 2.81. The lowest BCUT2D eigenvalue weighted by atomic mass is 9.49. The predicted octanol–water partition coefficient (Wildman–Crippen LogP) is 2.04. The molecule has 0 amide bonds. The zero-order valence-corrected chi connectivity index (χ0v) is 5.82. The Balaban J connectivity index is 1.94. The largest absolute Gasteiger partial charge is 0.0925 e. The first kappa shape index (κ1) is 4.37. The summed E-state index contributed by atoms with van der Waals surface area (Å²) in [7, 11) is 0. The minimum Gasteiger partial charge on any atom is -0.0925 e. The van der Waals surface area contributed by atoms with Crippen molar-refractivity contribution < 1.29 is 0 Å². The average molecular weight is 161 g/mol. The molecule has 40 valence electrons. The summed E-state index contributed by atoms with van der Waals surface area (Å²) >= 11 is 3.50. The SMILES string of the molecule is BrCC1C2CC1C2. The van der Waals surface area contributed by atoms with Crippen LogP contribution in [-0.2, 0) is 0 Å². The average Bonchev–Trinajstić information content (AvgIpc) is 1.24. The molecule has 2 bridgehead atoms. The Kier molecular flexibility index (Phi) is 0.780. The Morgan fingerprint density at radius 1 is 1.29 bits per heavy atom. The molecule has 0 aromatic rings. The number of rotatable bonds is 1. The van der Waals surface area contributed by atoms with E-state index >= 15 is 0 Å². The van der Waals surface area contributed by atoms with Crippen LogP contribution in [0.2, 0.25) is 0 Å². The van der Waals surface area contributed by atoms with Crippen LogP contribution in [0, 0.1) is 17.8 Å². The Hall–Kier alpha value is 0.480. The van der Waals surface area contributed by atoms with E-state index in [0.717, 1.165) is 17.8 Å². The highest BCUT2D eigenvalue weighted by Gasteiger charge is 2.51. The van der Waals surface area contributed by atoms with Gasteiger partial charge >= 0.3 is 0 Å². The van der Waals surface area contributed by atoms with E-state index in [9.17, 15) is 0 Å². The second kappa shape index (κ2) is 1.25. The van der Waals surface area contributed by atoms with Gasteiger partial charge in [0.05, 0.1) is 0 Å². The fourth-order valence-electron chi connectivity index (χ4n) is 1.65. The van der Waals surface area contributed by atoms with Crippen LogP contribution < -0.4 is 0 Å². The van der Waals surface area contributed by atoms with Gasteiger partial charge in [0, 0.05) is 5.33 Å². The summed E-state index contributed by atoms with van der Waals surface area (Å²) < 4.78 is 0. The van der Waals surface area contributed by atoms with Crippen LogP contribution in [-0.4, -0.2) is 5.33 Å². The van der Waals surface area contributed by atoms with Crippen molar-refractivity contribution in [3.63, 3.8) is 0 Å². The molecule has 0 spiro atoms. The summed E-state index contributed by atoms with van der Waals surface area (Å²) in [6.07, 6.45) is 3.10. The number of hydrogen-bond donors (Lipinski definition) is 0. The highest BCUT2D eigenvalue weighted by molar-refractivity contribution is 9.09. The quantitative estimate of drug-likeness (QED) is 0.516. The van der Waals surface area contributed by atoms with Crippen molar-refractivity contribution >= 4 is 15.9 Å². The first-order valence-corrected chi connectivity index (χ1v) is 4.10. The van der Waals surface area contributed by atoms with E-state index in [1.54, 1.807) is 12.8 Å². The number of alkyl halides is 1. The second-order valence-corrected chi connectivity index (χ2v) is 3.46. The third kappa shape index (κ3) is 0.381. The van der Waals surface area contributed by atoms with Gasteiger partial charge in [0.15, 0.2) is 0 Å². The van der Waals surface area contributed by atoms with Crippen LogP contribution in [0.15, 0.2) is 0 Å². The van der Waals surface area contributed by atoms with Gasteiger partial charge in [-0.1, -0.05) is 15.9 Å². The van der Waals surface area contributed by atoms with Gasteiger partial charge in [0.2, 0.25) is 0 Å². The molecule has 0 aromatic carbocycles. The highest BCUT2D eigenvalue weighted by atomic mass is 79.9. The van der Waals surface area contributed by atoms with Crippen molar-refractivity contribution in [2.45, 2.75) is 12.8 Å². The van der Waals surface area contributed by atoms with Gasteiger partial charge in [-0.2, -0.15) is 0 Å². The summed E-state index contributed by atoms with van der Waals surface area (Å²) in [5.41, 5.74) is 0. The number of hydrogen-bond acceptors (Lipinski definition) is 0. The zero-order valence-electron chi connectivity index (χ0n) is 4.23. The Labute approximate surface area is 52.4 Å². The standard InChI is InChI=1S/C6H9Br/c7-3-6-4-1-5(6)2-4/h4-6H,1-3H2. The minimum atomic E-state index is 1.10. The van der Waals surface area contributed by atoms with Crippen molar-refractivity contribution in [2.24, 2.45) is 17.8 Å². The van der Waals surface area contributed by atoms with Gasteiger partial charge < -0.3 is 0 Å². The molecule has 0 nitrogen and oxygen atoms in total. The Morgan fingerprint density at radius 2 is 1.86 bits per heavy atom. The maximum absolute atomic E-state index is 3.50. The molecular formula is C6H9Br. The van der Waals surface area contributed by atoms with Crippen molar-refractivity contribution in [3.8, 4) is 0 Å². The molecule has 0 N–H and O–H groups in total. The summed E-state index contributed by atoms with van der Waals surface area (Å²) in [5, 5.41) is 1.27. The van der Waals surface area contributed by atoms with Crippen LogP contribution in [0.5, 0.6) is 0 Å². The molecular weight excluding hydrogens is 152 g/mol. The van der Waals surface area contributed by atoms with E-state index in [0.29, 0.717) is 0 Å². The summed E-state index contributed by atoms with van der Waals surface area (Å²) in [5.74, 6) is 3.38. The molecule has 3 saturated carbocycles. The molecule has 3 aliphatic carbocycles. The zero-order chi connectivity index (χ0) is 4.85. The van der Waals surface area contributed by atoms with Crippen LogP contribution in [0.1, 0.15) is 12.8 Å². The molecule has 0 saturated heterocycles. The molecule has 0 heterocycles. The lowest BCUT2D eigenvalue weighted by Crippen LogP contribution is -2.50. The minimum absolute atomic E-state index is 1.10. The van der Waals surface area contributed by atoms with Gasteiger partial charge in [-0.25, -0.2) is 0 Å². The fraction of sp³-hybridized carbons (Fsp3) is 1.00. The molecule has 3 rings (SSSR count). The van der Waals surface area contributed by atoms with E-state index in [-0.39, 0.29) is 0 Å². The third-order valence-electron chi connectivity index (χ3n) is 2.60. The van der Waals surface area contributed by atoms with Crippen molar-refractivity contribution in [1.29, 1.82) is 0 Å². The van der Waals surface area contributed by atoms with Gasteiger partial charge in [0.1, 0.15) is 0 Å². The molecule has 1 heteroatoms. The molecule has 7 heavy (non-hydrogen) atoms. The van der Waals surface area contributed by atoms with Gasteiger partial charge in [-0.05, 0) is 30.6 Å². The predicted molar refractivity (Wildman–Crippen MR) is 33.5 cm³/mol. The summed E-state index contributed by atoms with van der Waals surface area (Å²) in [6, 6.07) is 0. The molecule has 0 aliphatic heterocycles. The monoisotopic (exact) mass is 160 g/mol. The van der Waals surface area contributed by atoms with E-state index in [2.05, 4.69) is 15.9 Å². The highest BCUT2D eigenvalue weighted by Crippen LogP contribution is 2.58. The first-order valence-electron chi connectivity index (χ1n) is 2.98. The van der Waals surface area contributed by atoms with Crippen LogP contribution >= 0.6 is 15.9 Å². The lowest BCUT2D eigenvalue weighted by Gasteiger charge is -2.57. The molecule has 3 fully saturated rings. The van der Waals surface area contributed by atoms with Crippen LogP contribution in [0.4, 0.5) is 0 Å². The van der Waals surface area contributed by atoms with E-state index in [4.69, 9.17) is 0 Å². The van der Waals surface area contributed by atoms with Crippen LogP contribution in [0.25, 0.3) is 0 Å². The molecule has 0 radical (unpaired) electrons. The van der Waals surface area contributed by atoms with E-state index < -0.39 is 0 Å². The Morgan fingerprint density at radius 3 is 1.86 bits per heavy atom. The van der Waals surface area contributed by atoms with E-state index in [1.807, 2.05) is 0 Å². The molecule has 0 atom stereocenters. The maximum Gasteiger partial charge on any atom is 0.00649 e. The normalized spacial score (nSPS) is 55.3. The van der Waals surface area contributed by atoms with Gasteiger partial charge in [0.25, 0.3) is 0 Å². The van der Waals surface area contributed by atoms with Gasteiger partial charge in [-0.15, -0.1) is 0 Å². The topological polar surface area (TPSA) is 0 Å².